The third-order valence-electron chi connectivity index (χ3n) is 10.3. The van der Waals surface area contributed by atoms with Crippen LogP contribution >= 0.6 is 12.2 Å². The van der Waals surface area contributed by atoms with E-state index in [1.54, 1.807) is 64.2 Å². The molecule has 264 valence electrons. The second-order valence-corrected chi connectivity index (χ2v) is 14.1. The average molecular weight is 699 g/mol. The number of fused-ring (bicyclic) bond motifs is 3. The lowest BCUT2D eigenvalue weighted by Crippen LogP contribution is -2.78. The first-order valence-corrected chi connectivity index (χ1v) is 16.6. The van der Waals surface area contributed by atoms with Crippen LogP contribution in [-0.4, -0.2) is 92.4 Å². The largest absolute Gasteiger partial charge is 0.466 e. The summed E-state index contributed by atoms with van der Waals surface area (Å²) in [5.41, 5.74) is -3.73. The molecular formula is C35H42N2O11S. The maximum Gasteiger partial charge on any atom is 0.338 e. The quantitative estimate of drug-likeness (QED) is 0.161. The van der Waals surface area contributed by atoms with Crippen LogP contribution in [0.25, 0.3) is 0 Å². The average Bonchev–Trinajstić information content (AvgIpc) is 3.59. The second kappa shape index (κ2) is 14.1. The van der Waals surface area contributed by atoms with Gasteiger partial charge in [-0.15, -0.1) is 0 Å². The van der Waals surface area contributed by atoms with Gasteiger partial charge in [0.25, 0.3) is 11.6 Å². The van der Waals surface area contributed by atoms with E-state index in [9.17, 15) is 24.6 Å². The molecule has 0 radical (unpaired) electrons. The lowest BCUT2D eigenvalue weighted by Gasteiger charge is -2.64. The maximum absolute atomic E-state index is 15.4. The monoisotopic (exact) mass is 698 g/mol. The Morgan fingerprint density at radius 2 is 1.92 bits per heavy atom. The van der Waals surface area contributed by atoms with Crippen molar-refractivity contribution in [3.63, 3.8) is 0 Å². The molecule has 0 spiro atoms. The van der Waals surface area contributed by atoms with Gasteiger partial charge < -0.3 is 33.9 Å². The number of aliphatic hydroxyl groups excluding tert-OH is 2. The number of hydrogen-bond donors (Lipinski definition) is 2. The summed E-state index contributed by atoms with van der Waals surface area (Å²) < 4.78 is 31.9. The van der Waals surface area contributed by atoms with E-state index in [-0.39, 0.29) is 61.0 Å². The molecule has 2 N–H and O–H groups in total. The van der Waals surface area contributed by atoms with Crippen molar-refractivity contribution in [2.75, 3.05) is 13.2 Å². The molecule has 49 heavy (non-hydrogen) atoms. The Morgan fingerprint density at radius 3 is 2.49 bits per heavy atom. The van der Waals surface area contributed by atoms with Gasteiger partial charge in [0.05, 0.1) is 29.6 Å². The molecule has 2 aliphatic carbocycles. The Labute approximate surface area is 289 Å². The fourth-order valence-corrected chi connectivity index (χ4v) is 8.29. The Balaban J connectivity index is 1.78. The summed E-state index contributed by atoms with van der Waals surface area (Å²) in [7, 11) is 0. The molecule has 1 saturated heterocycles. The fourth-order valence-electron chi connectivity index (χ4n) is 8.06. The molecule has 14 heteroatoms. The first-order chi connectivity index (χ1) is 23.2. The number of Topliss-reactive ketones (excluding diaryl/α,β-unsaturated/α-hetero) is 1. The van der Waals surface area contributed by atoms with E-state index in [4.69, 9.17) is 35.9 Å². The van der Waals surface area contributed by atoms with Gasteiger partial charge in [0.15, 0.2) is 11.4 Å². The van der Waals surface area contributed by atoms with Gasteiger partial charge in [0.1, 0.15) is 24.6 Å². The molecule has 1 aliphatic heterocycles. The molecule has 8 atom stereocenters. The Morgan fingerprint density at radius 1 is 1.20 bits per heavy atom. The summed E-state index contributed by atoms with van der Waals surface area (Å²) in [6, 6.07) is 8.34. The van der Waals surface area contributed by atoms with Gasteiger partial charge in [0, 0.05) is 38.3 Å². The minimum Gasteiger partial charge on any atom is -0.466 e. The number of aliphatic hydroxyl groups is 2. The molecule has 2 aromatic rings. The molecule has 3 aliphatic rings. The normalized spacial score (nSPS) is 30.2. The van der Waals surface area contributed by atoms with E-state index >= 15 is 4.79 Å². The van der Waals surface area contributed by atoms with E-state index in [2.05, 4.69) is 4.98 Å². The lowest BCUT2D eigenvalue weighted by molar-refractivity contribution is -0.329. The smallest absolute Gasteiger partial charge is 0.338 e. The minimum atomic E-state index is -1.75. The summed E-state index contributed by atoms with van der Waals surface area (Å²) >= 11 is 5.61. The second-order valence-electron chi connectivity index (χ2n) is 13.7. The lowest BCUT2D eigenvalue weighted by atomic mass is 9.50. The molecule has 0 bridgehead atoms. The third-order valence-corrected chi connectivity index (χ3v) is 10.6. The van der Waals surface area contributed by atoms with E-state index in [0.717, 1.165) is 0 Å². The van der Waals surface area contributed by atoms with Crippen LogP contribution in [0.3, 0.4) is 0 Å². The maximum atomic E-state index is 15.4. The molecular weight excluding hydrogens is 656 g/mol. The number of thiocarbonyl (C=S) groups is 1. The third kappa shape index (κ3) is 6.54. The van der Waals surface area contributed by atoms with Gasteiger partial charge in [-0.25, -0.2) is 9.78 Å². The zero-order valence-corrected chi connectivity index (χ0v) is 28.9. The summed E-state index contributed by atoms with van der Waals surface area (Å²) in [6.45, 7) is 7.81. The van der Waals surface area contributed by atoms with Crippen LogP contribution < -0.4 is 0 Å². The van der Waals surface area contributed by atoms with Gasteiger partial charge in [-0.05, 0) is 55.1 Å². The number of carbonyl (C=O) groups excluding carboxylic acids is 4. The highest BCUT2D eigenvalue weighted by Crippen LogP contribution is 2.61. The van der Waals surface area contributed by atoms with Crippen molar-refractivity contribution in [1.29, 1.82) is 0 Å². The van der Waals surface area contributed by atoms with E-state index in [1.165, 1.54) is 24.0 Å². The zero-order chi connectivity index (χ0) is 35.7. The van der Waals surface area contributed by atoms with Crippen molar-refractivity contribution in [2.24, 2.45) is 22.7 Å². The molecule has 1 unspecified atom stereocenters. The number of rotatable bonds is 10. The zero-order valence-electron chi connectivity index (χ0n) is 28.1. The topological polar surface area (TPSA) is 173 Å². The van der Waals surface area contributed by atoms with Crippen LogP contribution in [0, 0.1) is 22.7 Å². The van der Waals surface area contributed by atoms with Crippen molar-refractivity contribution >= 4 is 41.6 Å². The van der Waals surface area contributed by atoms with E-state index in [0.29, 0.717) is 0 Å². The Bertz CT molecular complexity index is 1610. The molecule has 0 amide bonds. The number of ketones is 1. The highest BCUT2D eigenvalue weighted by Gasteiger charge is 2.74. The van der Waals surface area contributed by atoms with Crippen LogP contribution in [0.2, 0.25) is 0 Å². The van der Waals surface area contributed by atoms with Gasteiger partial charge in [-0.2, -0.15) is 0 Å². The minimum absolute atomic E-state index is 0.0187. The predicted molar refractivity (Wildman–Crippen MR) is 176 cm³/mol. The number of hydrogen-bond acceptors (Lipinski definition) is 13. The molecule has 1 saturated carbocycles. The van der Waals surface area contributed by atoms with Crippen molar-refractivity contribution in [3.05, 3.63) is 65.9 Å². The van der Waals surface area contributed by atoms with Gasteiger partial charge >= 0.3 is 11.9 Å². The van der Waals surface area contributed by atoms with Crippen molar-refractivity contribution < 1.29 is 53.1 Å². The SMILES string of the molecule is CC(=O)O[C@@]12CO[C@@H]1C[C@H](OC(=S)n1ccnc1)[C@@]1(C)C(=O)C(OC=O)=C(C(C)[C@@H](O)CCO)C(C)(C)C[C@@H](OC(=O)c3ccccc3)[C@H]21. The van der Waals surface area contributed by atoms with Gasteiger partial charge in [-0.1, -0.05) is 39.0 Å². The number of ether oxygens (including phenoxy) is 5. The summed E-state index contributed by atoms with van der Waals surface area (Å²) in [4.78, 5) is 58.2. The number of benzene rings is 1. The number of nitrogens with zero attached hydrogens (tertiary/aromatic N) is 2. The molecule has 5 rings (SSSR count). The summed E-state index contributed by atoms with van der Waals surface area (Å²) in [6.07, 6.45) is 0.443. The molecule has 2 fully saturated rings. The number of imidazole rings is 1. The van der Waals surface area contributed by atoms with Crippen molar-refractivity contribution in [2.45, 2.75) is 83.9 Å². The summed E-state index contributed by atoms with van der Waals surface area (Å²) in [5, 5.41) is 20.8. The number of carbonyl (C=O) groups is 4. The first kappa shape index (κ1) is 36.3. The van der Waals surface area contributed by atoms with Crippen LogP contribution in [0.1, 0.15) is 64.2 Å². The molecule has 2 heterocycles. The van der Waals surface area contributed by atoms with Crippen LogP contribution in [0.15, 0.2) is 60.4 Å². The standard InChI is InChI=1S/C35H42N2O11S/c1-20(23(41)11-14-38)27-28(45-19-39)30(42)34(5)25(47-32(49)37-13-12-36-18-37)15-26-35(17-44-26,48-21(2)40)29(34)24(16-33(27,3)4)46-31(43)22-9-7-6-8-10-22/h6-10,12-13,18-20,23-26,29,38,41H,11,14-17H2,1-5H3/t20?,23-,24+,25-,26+,29-,34+,35-/m0/s1. The van der Waals surface area contributed by atoms with E-state index in [1.807, 2.05) is 0 Å². The number of esters is 2. The van der Waals surface area contributed by atoms with Crippen LogP contribution in [-0.2, 0) is 38.1 Å². The van der Waals surface area contributed by atoms with Crippen LogP contribution in [0.4, 0.5) is 0 Å². The predicted octanol–water partition coefficient (Wildman–Crippen LogP) is 3.16. The van der Waals surface area contributed by atoms with Gasteiger partial charge in [0.2, 0.25) is 5.78 Å². The number of aromatic nitrogens is 2. The number of allylic oxidation sites excluding steroid dienone is 1. The summed E-state index contributed by atoms with van der Waals surface area (Å²) in [5.74, 6) is -4.23. The highest BCUT2D eigenvalue weighted by atomic mass is 32.1. The molecule has 1 aromatic carbocycles. The van der Waals surface area contributed by atoms with E-state index < -0.39 is 70.4 Å². The molecule has 1 aromatic heterocycles. The Hall–Kier alpha value is -3.98. The molecule has 13 nitrogen and oxygen atoms in total. The van der Waals surface area contributed by atoms with Crippen LogP contribution in [0.5, 0.6) is 0 Å². The van der Waals surface area contributed by atoms with Gasteiger partial charge in [-0.3, -0.25) is 19.0 Å². The first-order valence-electron chi connectivity index (χ1n) is 16.2. The van der Waals surface area contributed by atoms with Crippen molar-refractivity contribution in [1.82, 2.24) is 9.55 Å². The highest BCUT2D eigenvalue weighted by molar-refractivity contribution is 7.80. The fraction of sp³-hybridized carbons (Fsp3) is 0.543. The Kier molecular flexibility index (Phi) is 10.4. The van der Waals surface area contributed by atoms with Crippen molar-refractivity contribution in [3.8, 4) is 0 Å².